The summed E-state index contributed by atoms with van der Waals surface area (Å²) in [6, 6.07) is -0.675. The van der Waals surface area contributed by atoms with Crippen LogP contribution in [0.25, 0.3) is 0 Å². The highest BCUT2D eigenvalue weighted by Crippen LogP contribution is 2.03. The number of hydrogen-bond acceptors (Lipinski definition) is 6. The van der Waals surface area contributed by atoms with Crippen molar-refractivity contribution in [1.29, 1.82) is 0 Å². The lowest BCUT2D eigenvalue weighted by molar-refractivity contribution is -0.123. The molecule has 0 aliphatic carbocycles. The normalized spacial score (nSPS) is 36.6. The highest BCUT2D eigenvalue weighted by atomic mass is 16.3. The molecule has 78 valence electrons. The molecule has 3 atom stereocenters. The Bertz CT molecular complexity index is 279. The molecule has 14 heavy (non-hydrogen) atoms. The third-order valence-corrected chi connectivity index (χ3v) is 2.24. The molecule has 0 saturated carbocycles. The molecule has 0 aromatic rings. The molecule has 7 nitrogen and oxygen atoms in total. The van der Waals surface area contributed by atoms with Crippen LogP contribution in [0.1, 0.15) is 0 Å². The molecule has 0 aromatic heterocycles. The number of carbonyl (C=O) groups is 1. The number of aliphatic hydroxyl groups excluding tert-OH is 1. The third-order valence-electron chi connectivity index (χ3n) is 2.24. The fourth-order valence-electron chi connectivity index (χ4n) is 1.54. The Labute approximate surface area is 80.8 Å². The molecule has 2 heterocycles. The van der Waals surface area contributed by atoms with Gasteiger partial charge >= 0.3 is 0 Å². The van der Waals surface area contributed by atoms with Gasteiger partial charge in [0.1, 0.15) is 11.9 Å². The number of hydrogen-bond donors (Lipinski definition) is 5. The highest BCUT2D eigenvalue weighted by Gasteiger charge is 2.35. The van der Waals surface area contributed by atoms with E-state index >= 15 is 0 Å². The third kappa shape index (κ3) is 1.57. The Morgan fingerprint density at radius 1 is 1.57 bits per heavy atom. The van der Waals surface area contributed by atoms with Crippen LogP contribution in [0.15, 0.2) is 4.99 Å². The minimum absolute atomic E-state index is 0.0351. The Balaban J connectivity index is 2.14. The van der Waals surface area contributed by atoms with Gasteiger partial charge in [-0.3, -0.25) is 20.8 Å². The Kier molecular flexibility index (Phi) is 2.36. The zero-order chi connectivity index (χ0) is 10.1. The van der Waals surface area contributed by atoms with Crippen LogP contribution in [-0.4, -0.2) is 48.4 Å². The van der Waals surface area contributed by atoms with Gasteiger partial charge in [-0.25, -0.2) is 0 Å². The Morgan fingerprint density at radius 2 is 2.36 bits per heavy atom. The zero-order valence-corrected chi connectivity index (χ0v) is 7.53. The monoisotopic (exact) mass is 199 g/mol. The topological polar surface area (TPSA) is 112 Å². The number of aliphatic imine (C=N–C) groups is 1. The minimum atomic E-state index is -0.579. The standard InChI is InChI=1S/C7H13N5O2/c8-7-11-5-4(6(14)12-7)10-3(2-13)1-9-5/h3-4,7,10,13H,1-2,8H2,(H,9,11)(H,12,14). The van der Waals surface area contributed by atoms with Crippen LogP contribution in [0.4, 0.5) is 0 Å². The molecule has 3 unspecified atom stereocenters. The molecule has 6 N–H and O–H groups in total. The molecular weight excluding hydrogens is 186 g/mol. The predicted molar refractivity (Wildman–Crippen MR) is 49.4 cm³/mol. The van der Waals surface area contributed by atoms with E-state index in [1.54, 1.807) is 0 Å². The van der Waals surface area contributed by atoms with Crippen molar-refractivity contribution in [2.45, 2.75) is 18.4 Å². The summed E-state index contributed by atoms with van der Waals surface area (Å²) >= 11 is 0. The average molecular weight is 199 g/mol. The van der Waals surface area contributed by atoms with E-state index < -0.39 is 12.3 Å². The number of nitrogens with one attached hydrogen (secondary N) is 3. The predicted octanol–water partition coefficient (Wildman–Crippen LogP) is -3.32. The zero-order valence-electron chi connectivity index (χ0n) is 7.53. The number of nitrogens with zero attached hydrogens (tertiary/aromatic N) is 1. The maximum absolute atomic E-state index is 11.4. The molecule has 7 heteroatoms. The SMILES string of the molecule is NC1NC(=O)C2NC(CO)CN=C2N1. The van der Waals surface area contributed by atoms with Gasteiger partial charge in [0.15, 0.2) is 6.29 Å². The van der Waals surface area contributed by atoms with E-state index in [0.29, 0.717) is 12.4 Å². The highest BCUT2D eigenvalue weighted by molar-refractivity contribution is 6.09. The van der Waals surface area contributed by atoms with Gasteiger partial charge in [0.25, 0.3) is 0 Å². The van der Waals surface area contributed by atoms with Crippen molar-refractivity contribution in [3.05, 3.63) is 0 Å². The van der Waals surface area contributed by atoms with Gasteiger partial charge in [-0.2, -0.15) is 0 Å². The van der Waals surface area contributed by atoms with E-state index in [1.807, 2.05) is 0 Å². The quantitative estimate of drug-likeness (QED) is 0.303. The lowest BCUT2D eigenvalue weighted by Crippen LogP contribution is -2.71. The van der Waals surface area contributed by atoms with Crippen molar-refractivity contribution in [3.8, 4) is 0 Å². The first-order valence-electron chi connectivity index (χ1n) is 4.44. The van der Waals surface area contributed by atoms with E-state index in [1.165, 1.54) is 0 Å². The number of rotatable bonds is 1. The summed E-state index contributed by atoms with van der Waals surface area (Å²) in [4.78, 5) is 15.6. The van der Waals surface area contributed by atoms with Crippen molar-refractivity contribution in [2.75, 3.05) is 13.2 Å². The van der Waals surface area contributed by atoms with Crippen LogP contribution in [0.3, 0.4) is 0 Å². The van der Waals surface area contributed by atoms with Gasteiger partial charge in [0.2, 0.25) is 5.91 Å². The van der Waals surface area contributed by atoms with Crippen LogP contribution in [0.2, 0.25) is 0 Å². The van der Waals surface area contributed by atoms with Crippen LogP contribution in [0.5, 0.6) is 0 Å². The van der Waals surface area contributed by atoms with Crippen molar-refractivity contribution < 1.29 is 9.90 Å². The van der Waals surface area contributed by atoms with E-state index in [-0.39, 0.29) is 18.6 Å². The van der Waals surface area contributed by atoms with Gasteiger partial charge in [0, 0.05) is 0 Å². The van der Waals surface area contributed by atoms with Crippen molar-refractivity contribution in [1.82, 2.24) is 16.0 Å². The second-order valence-electron chi connectivity index (χ2n) is 3.34. The van der Waals surface area contributed by atoms with Crippen LogP contribution in [0, 0.1) is 0 Å². The fourth-order valence-corrected chi connectivity index (χ4v) is 1.54. The summed E-state index contributed by atoms with van der Waals surface area (Å²) in [6.45, 7) is 0.419. The summed E-state index contributed by atoms with van der Waals surface area (Å²) in [5.41, 5.74) is 5.50. The molecule has 2 aliphatic heterocycles. The molecular formula is C7H13N5O2. The van der Waals surface area contributed by atoms with Crippen molar-refractivity contribution in [3.63, 3.8) is 0 Å². The van der Waals surface area contributed by atoms with Crippen molar-refractivity contribution >= 4 is 11.7 Å². The first kappa shape index (κ1) is 9.38. The summed E-state index contributed by atoms with van der Waals surface area (Å²) in [7, 11) is 0. The van der Waals surface area contributed by atoms with Crippen LogP contribution >= 0.6 is 0 Å². The van der Waals surface area contributed by atoms with Gasteiger partial charge in [-0.15, -0.1) is 0 Å². The lowest BCUT2D eigenvalue weighted by atomic mass is 10.1. The van der Waals surface area contributed by atoms with E-state index in [2.05, 4.69) is 20.9 Å². The van der Waals surface area contributed by atoms with Gasteiger partial charge in [-0.05, 0) is 0 Å². The number of aliphatic hydroxyl groups is 1. The number of amidine groups is 1. The first-order valence-corrected chi connectivity index (χ1v) is 4.44. The van der Waals surface area contributed by atoms with E-state index in [4.69, 9.17) is 10.8 Å². The molecule has 0 bridgehead atoms. The molecule has 2 rings (SSSR count). The number of amides is 1. The van der Waals surface area contributed by atoms with E-state index in [0.717, 1.165) is 0 Å². The molecule has 1 saturated heterocycles. The number of fused-ring (bicyclic) bond motifs is 1. The maximum Gasteiger partial charge on any atom is 0.247 e. The fraction of sp³-hybridized carbons (Fsp3) is 0.714. The summed E-state index contributed by atoms with van der Waals surface area (Å²) < 4.78 is 0. The second-order valence-corrected chi connectivity index (χ2v) is 3.34. The molecule has 2 aliphatic rings. The molecule has 1 fully saturated rings. The Hall–Kier alpha value is -1.18. The van der Waals surface area contributed by atoms with E-state index in [9.17, 15) is 4.79 Å². The average Bonchev–Trinajstić information content (AvgIpc) is 2.17. The summed E-state index contributed by atoms with van der Waals surface area (Å²) in [5, 5.41) is 17.2. The summed E-state index contributed by atoms with van der Waals surface area (Å²) in [6.07, 6.45) is -0.579. The largest absolute Gasteiger partial charge is 0.395 e. The van der Waals surface area contributed by atoms with Crippen molar-refractivity contribution in [2.24, 2.45) is 10.7 Å². The van der Waals surface area contributed by atoms with Crippen LogP contribution in [-0.2, 0) is 4.79 Å². The number of nitrogens with two attached hydrogens (primary N) is 1. The van der Waals surface area contributed by atoms with Gasteiger partial charge in [-0.1, -0.05) is 0 Å². The maximum atomic E-state index is 11.4. The lowest BCUT2D eigenvalue weighted by Gasteiger charge is -2.35. The molecule has 0 radical (unpaired) electrons. The Morgan fingerprint density at radius 3 is 3.07 bits per heavy atom. The molecule has 0 spiro atoms. The molecule has 0 aromatic carbocycles. The number of carbonyl (C=O) groups excluding carboxylic acids is 1. The second kappa shape index (κ2) is 3.52. The minimum Gasteiger partial charge on any atom is -0.395 e. The molecule has 1 amide bonds. The van der Waals surface area contributed by atoms with Crippen LogP contribution < -0.4 is 21.7 Å². The van der Waals surface area contributed by atoms with Gasteiger partial charge in [0.05, 0.1) is 19.2 Å². The first-order chi connectivity index (χ1) is 6.70. The van der Waals surface area contributed by atoms with Gasteiger partial charge < -0.3 is 15.7 Å². The summed E-state index contributed by atoms with van der Waals surface area (Å²) in [5.74, 6) is 0.333. The smallest absolute Gasteiger partial charge is 0.247 e.